The zero-order valence-corrected chi connectivity index (χ0v) is 12.0. The molecule has 0 saturated heterocycles. The van der Waals surface area contributed by atoms with Crippen LogP contribution >= 0.6 is 0 Å². The Balaban J connectivity index is 1.65. The fourth-order valence-electron chi connectivity index (χ4n) is 2.97. The summed E-state index contributed by atoms with van der Waals surface area (Å²) in [6, 6.07) is 0.489. The molecule has 3 heteroatoms. The van der Waals surface area contributed by atoms with E-state index in [-0.39, 0.29) is 5.91 Å². The fraction of sp³-hybridized carbons (Fsp3) is 0.933. The smallest absolute Gasteiger partial charge is 0.236 e. The van der Waals surface area contributed by atoms with Crippen LogP contribution in [-0.4, -0.2) is 37.0 Å². The summed E-state index contributed by atoms with van der Waals surface area (Å²) in [5, 5.41) is 3.30. The molecular formula is C15H28N2O. The van der Waals surface area contributed by atoms with E-state index < -0.39 is 0 Å². The third kappa shape index (κ3) is 3.98. The number of carbonyl (C=O) groups excluding carboxylic acids is 1. The van der Waals surface area contributed by atoms with Crippen molar-refractivity contribution >= 4 is 5.91 Å². The molecule has 2 saturated carbocycles. The Morgan fingerprint density at radius 2 is 1.72 bits per heavy atom. The lowest BCUT2D eigenvalue weighted by atomic mass is 9.84. The number of amides is 1. The molecule has 0 aromatic rings. The number of hydrogen-bond acceptors (Lipinski definition) is 2. The van der Waals surface area contributed by atoms with E-state index in [1.54, 1.807) is 0 Å². The summed E-state index contributed by atoms with van der Waals surface area (Å²) in [5.74, 6) is 2.02. The predicted octanol–water partition coefficient (Wildman–Crippen LogP) is 2.41. The Kier molecular flexibility index (Phi) is 5.04. The summed E-state index contributed by atoms with van der Waals surface area (Å²) in [6.07, 6.45) is 8.98. The molecule has 104 valence electrons. The number of nitrogens with zero attached hydrogens (tertiary/aromatic N) is 1. The molecule has 0 aromatic carbocycles. The van der Waals surface area contributed by atoms with Gasteiger partial charge in [-0.2, -0.15) is 0 Å². The van der Waals surface area contributed by atoms with Crippen LogP contribution in [-0.2, 0) is 4.79 Å². The van der Waals surface area contributed by atoms with Gasteiger partial charge >= 0.3 is 0 Å². The van der Waals surface area contributed by atoms with Gasteiger partial charge < -0.3 is 10.2 Å². The van der Waals surface area contributed by atoms with Gasteiger partial charge in [0.15, 0.2) is 0 Å². The second-order valence-electron chi connectivity index (χ2n) is 6.16. The number of likely N-dealkylation sites (N-methyl/N-ethyl adjacent to an activating group) is 1. The lowest BCUT2D eigenvalue weighted by Crippen LogP contribution is -2.43. The van der Waals surface area contributed by atoms with Gasteiger partial charge in [0.05, 0.1) is 6.54 Å². The third-order valence-corrected chi connectivity index (χ3v) is 4.74. The van der Waals surface area contributed by atoms with Crippen molar-refractivity contribution in [2.45, 2.75) is 57.9 Å². The molecule has 2 rings (SSSR count). The van der Waals surface area contributed by atoms with Crippen molar-refractivity contribution in [3.63, 3.8) is 0 Å². The maximum absolute atomic E-state index is 12.1. The summed E-state index contributed by atoms with van der Waals surface area (Å²) >= 11 is 0. The van der Waals surface area contributed by atoms with Gasteiger partial charge in [-0.3, -0.25) is 4.79 Å². The monoisotopic (exact) mass is 252 g/mol. The van der Waals surface area contributed by atoms with E-state index in [1.165, 1.54) is 44.9 Å². The molecule has 1 amide bonds. The highest BCUT2D eigenvalue weighted by atomic mass is 16.2. The van der Waals surface area contributed by atoms with Gasteiger partial charge in [0.25, 0.3) is 0 Å². The minimum Gasteiger partial charge on any atom is -0.342 e. The summed E-state index contributed by atoms with van der Waals surface area (Å²) in [7, 11) is 1.98. The first-order valence-corrected chi connectivity index (χ1v) is 7.67. The molecule has 2 fully saturated rings. The fourth-order valence-corrected chi connectivity index (χ4v) is 2.97. The van der Waals surface area contributed by atoms with Crippen molar-refractivity contribution in [2.75, 3.05) is 20.1 Å². The van der Waals surface area contributed by atoms with Crippen molar-refractivity contribution in [1.82, 2.24) is 10.2 Å². The molecule has 0 atom stereocenters. The molecule has 1 N–H and O–H groups in total. The second kappa shape index (κ2) is 6.55. The van der Waals surface area contributed by atoms with Gasteiger partial charge in [0.1, 0.15) is 0 Å². The summed E-state index contributed by atoms with van der Waals surface area (Å²) in [5.41, 5.74) is 0. The Labute approximate surface area is 111 Å². The minimum absolute atomic E-state index is 0.274. The van der Waals surface area contributed by atoms with Crippen LogP contribution in [0.2, 0.25) is 0 Å². The van der Waals surface area contributed by atoms with E-state index in [1.807, 2.05) is 11.9 Å². The number of hydrogen-bond donors (Lipinski definition) is 1. The summed E-state index contributed by atoms with van der Waals surface area (Å²) in [6.45, 7) is 3.84. The van der Waals surface area contributed by atoms with Gasteiger partial charge in [-0.1, -0.05) is 13.3 Å². The van der Waals surface area contributed by atoms with Crippen LogP contribution < -0.4 is 5.32 Å². The van der Waals surface area contributed by atoms with E-state index in [0.29, 0.717) is 12.6 Å². The van der Waals surface area contributed by atoms with Crippen molar-refractivity contribution in [3.8, 4) is 0 Å². The second-order valence-corrected chi connectivity index (χ2v) is 6.16. The molecule has 18 heavy (non-hydrogen) atoms. The maximum Gasteiger partial charge on any atom is 0.236 e. The van der Waals surface area contributed by atoms with E-state index >= 15 is 0 Å². The maximum atomic E-state index is 12.1. The topological polar surface area (TPSA) is 32.3 Å². The first-order valence-electron chi connectivity index (χ1n) is 7.67. The van der Waals surface area contributed by atoms with E-state index in [0.717, 1.165) is 18.4 Å². The van der Waals surface area contributed by atoms with Crippen molar-refractivity contribution in [2.24, 2.45) is 11.8 Å². The van der Waals surface area contributed by atoms with Crippen molar-refractivity contribution < 1.29 is 4.79 Å². The highest BCUT2D eigenvalue weighted by Crippen LogP contribution is 2.29. The van der Waals surface area contributed by atoms with Crippen LogP contribution in [0.4, 0.5) is 0 Å². The van der Waals surface area contributed by atoms with Crippen LogP contribution in [0.25, 0.3) is 0 Å². The highest BCUT2D eigenvalue weighted by molar-refractivity contribution is 5.78. The van der Waals surface area contributed by atoms with Crippen LogP contribution in [0.15, 0.2) is 0 Å². The molecule has 0 unspecified atom stereocenters. The van der Waals surface area contributed by atoms with E-state index in [9.17, 15) is 4.79 Å². The van der Waals surface area contributed by atoms with Crippen LogP contribution in [0, 0.1) is 11.8 Å². The quantitative estimate of drug-likeness (QED) is 0.787. The number of carbonyl (C=O) groups is 1. The minimum atomic E-state index is 0.274. The molecule has 2 aliphatic rings. The standard InChI is InChI=1S/C15H28N2O/c1-3-12-6-8-14(9-7-12)17(2)15(18)11-16-10-13-4-5-13/h12-14,16H,3-11H2,1-2H3. The molecule has 0 heterocycles. The highest BCUT2D eigenvalue weighted by Gasteiger charge is 2.26. The molecule has 0 radical (unpaired) electrons. The Morgan fingerprint density at radius 1 is 1.11 bits per heavy atom. The Hall–Kier alpha value is -0.570. The SMILES string of the molecule is CCC1CCC(N(C)C(=O)CNCC2CC2)CC1. The molecule has 0 spiro atoms. The average molecular weight is 252 g/mol. The third-order valence-electron chi connectivity index (χ3n) is 4.74. The lowest BCUT2D eigenvalue weighted by molar-refractivity contribution is -0.131. The van der Waals surface area contributed by atoms with Gasteiger partial charge in [0, 0.05) is 13.1 Å². The molecule has 0 aliphatic heterocycles. The van der Waals surface area contributed by atoms with Gasteiger partial charge in [-0.05, 0) is 56.9 Å². The van der Waals surface area contributed by atoms with Crippen molar-refractivity contribution in [3.05, 3.63) is 0 Å². The Morgan fingerprint density at radius 3 is 2.28 bits per heavy atom. The van der Waals surface area contributed by atoms with Crippen LogP contribution in [0.1, 0.15) is 51.9 Å². The van der Waals surface area contributed by atoms with Crippen molar-refractivity contribution in [1.29, 1.82) is 0 Å². The molecule has 2 aliphatic carbocycles. The summed E-state index contributed by atoms with van der Waals surface area (Å²) in [4.78, 5) is 14.1. The number of rotatable bonds is 6. The van der Waals surface area contributed by atoms with E-state index in [2.05, 4.69) is 12.2 Å². The largest absolute Gasteiger partial charge is 0.342 e. The van der Waals surface area contributed by atoms with Gasteiger partial charge in [-0.25, -0.2) is 0 Å². The van der Waals surface area contributed by atoms with Gasteiger partial charge in [0.2, 0.25) is 5.91 Å². The first kappa shape index (κ1) is 13.9. The van der Waals surface area contributed by atoms with Crippen LogP contribution in [0.5, 0.6) is 0 Å². The predicted molar refractivity (Wildman–Crippen MR) is 74.4 cm³/mol. The summed E-state index contributed by atoms with van der Waals surface area (Å²) < 4.78 is 0. The number of nitrogens with one attached hydrogen (secondary N) is 1. The zero-order valence-electron chi connectivity index (χ0n) is 12.0. The molecular weight excluding hydrogens is 224 g/mol. The normalized spacial score (nSPS) is 28.1. The molecule has 3 nitrogen and oxygen atoms in total. The first-order chi connectivity index (χ1) is 8.70. The zero-order chi connectivity index (χ0) is 13.0. The average Bonchev–Trinajstić information content (AvgIpc) is 3.22. The van der Waals surface area contributed by atoms with Gasteiger partial charge in [-0.15, -0.1) is 0 Å². The van der Waals surface area contributed by atoms with Crippen LogP contribution in [0.3, 0.4) is 0 Å². The molecule has 0 bridgehead atoms. The van der Waals surface area contributed by atoms with E-state index in [4.69, 9.17) is 0 Å². The Bertz CT molecular complexity index is 268. The lowest BCUT2D eigenvalue weighted by Gasteiger charge is -2.34. The molecule has 0 aromatic heterocycles.